The second-order valence-corrected chi connectivity index (χ2v) is 7.61. The maximum Gasteiger partial charge on any atom is 0.226 e. The van der Waals surface area contributed by atoms with Crippen LogP contribution in [0.3, 0.4) is 0 Å². The molecule has 2 aliphatic rings. The van der Waals surface area contributed by atoms with Crippen LogP contribution in [-0.4, -0.2) is 65.9 Å². The van der Waals surface area contributed by atoms with Gasteiger partial charge in [0, 0.05) is 49.8 Å². The van der Waals surface area contributed by atoms with E-state index in [0.29, 0.717) is 13.0 Å². The Kier molecular flexibility index (Phi) is 5.16. The first-order valence-electron chi connectivity index (χ1n) is 10.0. The molecule has 1 aliphatic heterocycles. The molecule has 2 N–H and O–H groups in total. The summed E-state index contributed by atoms with van der Waals surface area (Å²) in [4.78, 5) is 32.6. The molecule has 0 bridgehead atoms. The summed E-state index contributed by atoms with van der Waals surface area (Å²) in [5.41, 5.74) is 2.33. The molecule has 6 nitrogen and oxygen atoms in total. The first-order valence-corrected chi connectivity index (χ1v) is 10.0. The van der Waals surface area contributed by atoms with Crippen LogP contribution in [0.25, 0.3) is 10.9 Å². The number of benzene rings is 1. The number of nitrogens with one attached hydrogen (secondary N) is 2. The SMILES string of the molecule is CCN1CCN(C(=O)C2CC2C(=O)NCCc2c[nH]c3ccccc23)CC1. The number of fused-ring (bicyclic) bond motifs is 1. The lowest BCUT2D eigenvalue weighted by molar-refractivity contribution is -0.136. The summed E-state index contributed by atoms with van der Waals surface area (Å²) in [5, 5.41) is 4.23. The van der Waals surface area contributed by atoms with E-state index in [1.807, 2.05) is 23.2 Å². The molecule has 1 aliphatic carbocycles. The van der Waals surface area contributed by atoms with Gasteiger partial charge in [-0.2, -0.15) is 0 Å². The molecule has 2 atom stereocenters. The predicted molar refractivity (Wildman–Crippen MR) is 105 cm³/mol. The summed E-state index contributed by atoms with van der Waals surface area (Å²) >= 11 is 0. The normalized spacial score (nSPS) is 22.8. The summed E-state index contributed by atoms with van der Waals surface area (Å²) < 4.78 is 0. The monoisotopic (exact) mass is 368 g/mol. The number of hydrogen-bond donors (Lipinski definition) is 2. The van der Waals surface area contributed by atoms with E-state index >= 15 is 0 Å². The number of carbonyl (C=O) groups is 2. The number of H-pyrrole nitrogens is 1. The quantitative estimate of drug-likeness (QED) is 0.814. The lowest BCUT2D eigenvalue weighted by atomic mass is 10.1. The van der Waals surface area contributed by atoms with Gasteiger partial charge in [-0.05, 0) is 31.0 Å². The highest BCUT2D eigenvalue weighted by molar-refractivity contribution is 5.92. The Morgan fingerprint density at radius 1 is 1.15 bits per heavy atom. The number of aromatic nitrogens is 1. The minimum Gasteiger partial charge on any atom is -0.361 e. The van der Waals surface area contributed by atoms with E-state index in [0.717, 1.165) is 44.7 Å². The van der Waals surface area contributed by atoms with Crippen LogP contribution < -0.4 is 5.32 Å². The van der Waals surface area contributed by atoms with Crippen LogP contribution >= 0.6 is 0 Å². The first kappa shape index (κ1) is 18.0. The van der Waals surface area contributed by atoms with Crippen LogP contribution in [0.1, 0.15) is 18.9 Å². The van der Waals surface area contributed by atoms with Gasteiger partial charge in [0.15, 0.2) is 0 Å². The van der Waals surface area contributed by atoms with Crippen molar-refractivity contribution in [1.82, 2.24) is 20.1 Å². The second-order valence-electron chi connectivity index (χ2n) is 7.61. The third-order valence-electron chi connectivity index (χ3n) is 5.94. The lowest BCUT2D eigenvalue weighted by Gasteiger charge is -2.34. The highest BCUT2D eigenvalue weighted by atomic mass is 16.2. The Morgan fingerprint density at radius 3 is 2.70 bits per heavy atom. The van der Waals surface area contributed by atoms with Gasteiger partial charge >= 0.3 is 0 Å². The van der Waals surface area contributed by atoms with Gasteiger partial charge in [0.2, 0.25) is 11.8 Å². The molecule has 2 amide bonds. The molecule has 1 aromatic carbocycles. The topological polar surface area (TPSA) is 68.4 Å². The van der Waals surface area contributed by atoms with Crippen molar-refractivity contribution in [2.45, 2.75) is 19.8 Å². The van der Waals surface area contributed by atoms with E-state index < -0.39 is 0 Å². The molecule has 1 saturated heterocycles. The Bertz CT molecular complexity index is 822. The zero-order chi connectivity index (χ0) is 18.8. The minimum absolute atomic E-state index is 0.0281. The maximum absolute atomic E-state index is 12.6. The van der Waals surface area contributed by atoms with Gasteiger partial charge in [0.25, 0.3) is 0 Å². The van der Waals surface area contributed by atoms with Crippen LogP contribution in [0.2, 0.25) is 0 Å². The van der Waals surface area contributed by atoms with E-state index in [2.05, 4.69) is 34.3 Å². The van der Waals surface area contributed by atoms with Crippen molar-refractivity contribution in [2.24, 2.45) is 11.8 Å². The maximum atomic E-state index is 12.6. The molecule has 6 heteroatoms. The fourth-order valence-corrected chi connectivity index (χ4v) is 4.07. The Hall–Kier alpha value is -2.34. The summed E-state index contributed by atoms with van der Waals surface area (Å²) in [7, 11) is 0. The van der Waals surface area contributed by atoms with E-state index in [1.54, 1.807) is 0 Å². The van der Waals surface area contributed by atoms with Crippen LogP contribution in [0.15, 0.2) is 30.5 Å². The second kappa shape index (κ2) is 7.72. The van der Waals surface area contributed by atoms with Crippen molar-refractivity contribution in [1.29, 1.82) is 0 Å². The highest BCUT2D eigenvalue weighted by Crippen LogP contribution is 2.40. The molecule has 0 spiro atoms. The van der Waals surface area contributed by atoms with Crippen LogP contribution in [0, 0.1) is 11.8 Å². The predicted octanol–water partition coefficient (Wildman–Crippen LogP) is 1.63. The largest absolute Gasteiger partial charge is 0.361 e. The number of hydrogen-bond acceptors (Lipinski definition) is 3. The van der Waals surface area contributed by atoms with Crippen LogP contribution in [0.4, 0.5) is 0 Å². The zero-order valence-electron chi connectivity index (χ0n) is 15.9. The molecule has 2 unspecified atom stereocenters. The average Bonchev–Trinajstić information content (AvgIpc) is 3.42. The number of nitrogens with zero attached hydrogens (tertiary/aromatic N) is 2. The Balaban J connectivity index is 1.23. The molecule has 1 aromatic heterocycles. The van der Waals surface area contributed by atoms with E-state index in [1.165, 1.54) is 10.9 Å². The Labute approximate surface area is 159 Å². The first-order chi connectivity index (χ1) is 13.2. The van der Waals surface area contributed by atoms with Gasteiger partial charge in [-0.25, -0.2) is 0 Å². The van der Waals surface area contributed by atoms with Crippen molar-refractivity contribution in [2.75, 3.05) is 39.3 Å². The summed E-state index contributed by atoms with van der Waals surface area (Å²) in [6.45, 7) is 7.25. The molecule has 2 heterocycles. The van der Waals surface area contributed by atoms with Crippen LogP contribution in [-0.2, 0) is 16.0 Å². The zero-order valence-corrected chi connectivity index (χ0v) is 15.9. The van der Waals surface area contributed by atoms with Gasteiger partial charge in [0.1, 0.15) is 0 Å². The fourth-order valence-electron chi connectivity index (χ4n) is 4.07. The summed E-state index contributed by atoms with van der Waals surface area (Å²) in [5.74, 6) is -0.0427. The number of likely N-dealkylation sites (N-methyl/N-ethyl adjacent to an activating group) is 1. The fraction of sp³-hybridized carbons (Fsp3) is 0.524. The molecular formula is C21H28N4O2. The van der Waals surface area contributed by atoms with E-state index in [9.17, 15) is 9.59 Å². The Morgan fingerprint density at radius 2 is 1.93 bits per heavy atom. The van der Waals surface area contributed by atoms with Crippen molar-refractivity contribution >= 4 is 22.7 Å². The molecule has 4 rings (SSSR count). The van der Waals surface area contributed by atoms with Crippen molar-refractivity contribution in [3.63, 3.8) is 0 Å². The molecule has 2 aromatic rings. The van der Waals surface area contributed by atoms with Crippen molar-refractivity contribution < 1.29 is 9.59 Å². The number of amides is 2. The van der Waals surface area contributed by atoms with Crippen molar-refractivity contribution in [3.05, 3.63) is 36.0 Å². The molecular weight excluding hydrogens is 340 g/mol. The number of carbonyl (C=O) groups excluding carboxylic acids is 2. The molecule has 0 radical (unpaired) electrons. The third kappa shape index (κ3) is 3.86. The van der Waals surface area contributed by atoms with Gasteiger partial charge in [-0.1, -0.05) is 25.1 Å². The summed E-state index contributed by atoms with van der Waals surface area (Å²) in [6, 6.07) is 8.19. The highest BCUT2D eigenvalue weighted by Gasteiger charge is 2.49. The smallest absolute Gasteiger partial charge is 0.226 e. The van der Waals surface area contributed by atoms with Gasteiger partial charge < -0.3 is 20.1 Å². The number of para-hydroxylation sites is 1. The molecule has 2 fully saturated rings. The number of rotatable bonds is 6. The van der Waals surface area contributed by atoms with E-state index in [-0.39, 0.29) is 23.7 Å². The third-order valence-corrected chi connectivity index (χ3v) is 5.94. The standard InChI is InChI=1S/C21H28N4O2/c1-2-24-9-11-25(12-10-24)21(27)18-13-17(18)20(26)22-8-7-15-14-23-19-6-4-3-5-16(15)19/h3-6,14,17-18,23H,2,7-13H2,1H3,(H,22,26). The van der Waals surface area contributed by atoms with Gasteiger partial charge in [-0.3, -0.25) is 9.59 Å². The molecule has 27 heavy (non-hydrogen) atoms. The van der Waals surface area contributed by atoms with Crippen LogP contribution in [0.5, 0.6) is 0 Å². The summed E-state index contributed by atoms with van der Waals surface area (Å²) in [6.07, 6.45) is 3.50. The number of piperazine rings is 1. The van der Waals surface area contributed by atoms with E-state index in [4.69, 9.17) is 0 Å². The average molecular weight is 368 g/mol. The minimum atomic E-state index is -0.135. The van der Waals surface area contributed by atoms with Gasteiger partial charge in [-0.15, -0.1) is 0 Å². The molecule has 1 saturated carbocycles. The van der Waals surface area contributed by atoms with Gasteiger partial charge in [0.05, 0.1) is 11.8 Å². The van der Waals surface area contributed by atoms with Crippen molar-refractivity contribution in [3.8, 4) is 0 Å². The number of aromatic amines is 1. The lowest BCUT2D eigenvalue weighted by Crippen LogP contribution is -2.49. The molecule has 144 valence electrons.